The lowest BCUT2D eigenvalue weighted by molar-refractivity contribution is -0.232. The maximum absolute atomic E-state index is 14.7. The fourth-order valence-corrected chi connectivity index (χ4v) is 14.4. The van der Waals surface area contributed by atoms with E-state index in [1.807, 2.05) is 18.8 Å². The van der Waals surface area contributed by atoms with Crippen LogP contribution in [0, 0.1) is 50.7 Å². The van der Waals surface area contributed by atoms with Crippen molar-refractivity contribution in [2.24, 2.45) is 50.7 Å². The fraction of sp³-hybridized carbons (Fsp3) is 0.729. The summed E-state index contributed by atoms with van der Waals surface area (Å²) < 4.78 is 15.2. The Morgan fingerprint density at radius 3 is 2.28 bits per heavy atom. The van der Waals surface area contributed by atoms with Gasteiger partial charge in [0.05, 0.1) is 37.4 Å². The highest BCUT2D eigenvalue weighted by molar-refractivity contribution is 6.31. The van der Waals surface area contributed by atoms with Crippen LogP contribution in [0.25, 0.3) is 5.82 Å². The number of carboxylic acids is 1. The van der Waals surface area contributed by atoms with Crippen LogP contribution < -0.4 is 10.3 Å². The van der Waals surface area contributed by atoms with Crippen LogP contribution in [-0.4, -0.2) is 75.9 Å². The molecule has 8 atom stereocenters. The van der Waals surface area contributed by atoms with Gasteiger partial charge in [-0.15, -0.1) is 0 Å². The van der Waals surface area contributed by atoms with Crippen molar-refractivity contribution in [1.82, 2.24) is 19.2 Å². The van der Waals surface area contributed by atoms with E-state index in [1.165, 1.54) is 5.57 Å². The average Bonchev–Trinajstić information content (AvgIpc) is 3.61. The van der Waals surface area contributed by atoms with Crippen molar-refractivity contribution in [3.05, 3.63) is 50.5 Å². The topological polar surface area (TPSA) is 133 Å². The molecule has 0 saturated heterocycles. The minimum atomic E-state index is -1.19. The van der Waals surface area contributed by atoms with Crippen molar-refractivity contribution in [1.29, 1.82) is 0 Å². The molecule has 0 aromatic carbocycles. The number of fused-ring (bicyclic) bond motifs is 7. The molecule has 7 rings (SSSR count). The van der Waals surface area contributed by atoms with Crippen molar-refractivity contribution in [2.75, 3.05) is 27.7 Å². The number of ketones is 1. The number of methoxy groups -OCH3 is 1. The molecule has 12 heteroatoms. The smallest absolute Gasteiger partial charge is 0.309 e. The highest BCUT2D eigenvalue weighted by Gasteiger charge is 2.71. The van der Waals surface area contributed by atoms with Gasteiger partial charge in [-0.1, -0.05) is 60.1 Å². The van der Waals surface area contributed by atoms with Crippen molar-refractivity contribution in [2.45, 2.75) is 145 Å². The number of nitrogens with zero attached hydrogens (tertiary/aromatic N) is 4. The summed E-state index contributed by atoms with van der Waals surface area (Å²) in [5.41, 5.74) is 0.226. The summed E-state index contributed by atoms with van der Waals surface area (Å²) in [4.78, 5) is 60.9. The largest absolute Gasteiger partial charge is 0.495 e. The van der Waals surface area contributed by atoms with E-state index in [1.54, 1.807) is 44.0 Å². The lowest BCUT2D eigenvalue weighted by atomic mass is 9.33. The first kappa shape index (κ1) is 44.6. The number of halogens is 1. The Morgan fingerprint density at radius 1 is 0.983 bits per heavy atom. The van der Waals surface area contributed by atoms with Crippen molar-refractivity contribution < 1.29 is 29.0 Å². The summed E-state index contributed by atoms with van der Waals surface area (Å²) in [7, 11) is 5.62. The molecule has 5 aliphatic carbocycles. The van der Waals surface area contributed by atoms with Crippen LogP contribution in [-0.2, 0) is 31.1 Å². The zero-order valence-electron chi connectivity index (χ0n) is 38.2. The molecule has 1 N–H and O–H groups in total. The average molecular weight is 850 g/mol. The van der Waals surface area contributed by atoms with Gasteiger partial charge in [-0.2, -0.15) is 4.68 Å². The van der Waals surface area contributed by atoms with Gasteiger partial charge in [0.15, 0.2) is 11.6 Å². The Kier molecular flexibility index (Phi) is 11.2. The number of carboxylic acid groups (broad SMARTS) is 1. The summed E-state index contributed by atoms with van der Waals surface area (Å²) in [5.74, 6) is 0.665. The molecule has 11 nitrogen and oxygen atoms in total. The Morgan fingerprint density at radius 2 is 1.68 bits per heavy atom. The molecule has 4 saturated carbocycles. The number of aliphatic carboxylic acids is 1. The number of likely N-dealkylation sites (N-methyl/N-ethyl adjacent to an activating group) is 1. The molecule has 2 aromatic heterocycles. The molecule has 0 aliphatic heterocycles. The van der Waals surface area contributed by atoms with Gasteiger partial charge in [0.25, 0.3) is 5.56 Å². The molecule has 0 unspecified atom stereocenters. The molecule has 4 fully saturated rings. The first-order valence-electron chi connectivity index (χ1n) is 22.3. The Hall–Kier alpha value is -3.44. The van der Waals surface area contributed by atoms with Crippen molar-refractivity contribution in [3.63, 3.8) is 0 Å². The van der Waals surface area contributed by atoms with Crippen LogP contribution in [0.15, 0.2) is 34.3 Å². The quantitative estimate of drug-likeness (QED) is 0.220. The molecule has 60 heavy (non-hydrogen) atoms. The standard InChI is InChI=1S/C48H69ClN4O7/c1-28(2)37-31(54)25-48(40-39(49)41(56)53(52(40)24-23-51(10)11)35-16-13-29(59-12)27-50-35)22-21-46(8)30(38(37)48)14-15-33-45(7)19-18-34(60-36(55)26-43(3,4)42(57)58)44(5,6)32(45)17-20-47(33,46)9/h13,16,27-28,30,32-34H,14-15,17-26H2,1-12H3,(H,57,58)/t30-,32+,33-,34+,45+,46-,47-,48-/m1/s1. The van der Waals surface area contributed by atoms with E-state index in [-0.39, 0.29) is 62.4 Å². The van der Waals surface area contributed by atoms with E-state index in [0.717, 1.165) is 62.6 Å². The van der Waals surface area contributed by atoms with E-state index in [4.69, 9.17) is 21.1 Å². The van der Waals surface area contributed by atoms with Gasteiger partial charge in [-0.3, -0.25) is 23.9 Å². The maximum atomic E-state index is 14.7. The van der Waals surface area contributed by atoms with Crippen molar-refractivity contribution >= 4 is 29.3 Å². The third-order valence-electron chi connectivity index (χ3n) is 17.3. The van der Waals surface area contributed by atoms with Gasteiger partial charge in [-0.05, 0) is 143 Å². The van der Waals surface area contributed by atoms with Crippen molar-refractivity contribution in [3.8, 4) is 11.6 Å². The monoisotopic (exact) mass is 848 g/mol. The summed E-state index contributed by atoms with van der Waals surface area (Å²) in [5, 5.41) is 9.85. The molecule has 2 heterocycles. The molecule has 0 spiro atoms. The molecule has 0 bridgehead atoms. The summed E-state index contributed by atoms with van der Waals surface area (Å²) in [6.45, 7) is 20.7. The normalized spacial score (nSPS) is 33.6. The highest BCUT2D eigenvalue weighted by Crippen LogP contribution is 2.77. The third kappa shape index (κ3) is 6.55. The van der Waals surface area contributed by atoms with Crippen LogP contribution in [0.4, 0.5) is 0 Å². The van der Waals surface area contributed by atoms with E-state index < -0.39 is 22.8 Å². The molecular weight excluding hydrogens is 780 g/mol. The second-order valence-electron chi connectivity index (χ2n) is 21.7. The first-order valence-corrected chi connectivity index (χ1v) is 22.7. The number of carbonyl (C=O) groups is 3. The summed E-state index contributed by atoms with van der Waals surface area (Å²) in [6.07, 6.45) is 8.79. The minimum Gasteiger partial charge on any atom is -0.495 e. The second-order valence-corrected chi connectivity index (χ2v) is 22.1. The summed E-state index contributed by atoms with van der Waals surface area (Å²) in [6, 6.07) is 3.59. The lowest BCUT2D eigenvalue weighted by Crippen LogP contribution is -2.66. The summed E-state index contributed by atoms with van der Waals surface area (Å²) >= 11 is 7.36. The van der Waals surface area contributed by atoms with Crippen LogP contribution in [0.5, 0.6) is 5.75 Å². The third-order valence-corrected chi connectivity index (χ3v) is 17.6. The zero-order valence-corrected chi connectivity index (χ0v) is 38.9. The zero-order chi connectivity index (χ0) is 44.1. The lowest BCUT2D eigenvalue weighted by Gasteiger charge is -2.72. The number of ether oxygens (including phenoxy) is 2. The number of rotatable bonds is 11. The van der Waals surface area contributed by atoms with Gasteiger partial charge in [0, 0.05) is 23.8 Å². The van der Waals surface area contributed by atoms with Gasteiger partial charge in [0.2, 0.25) is 0 Å². The van der Waals surface area contributed by atoms with Crippen LogP contribution in [0.2, 0.25) is 5.02 Å². The van der Waals surface area contributed by atoms with Gasteiger partial charge in [0.1, 0.15) is 16.9 Å². The Bertz CT molecular complexity index is 2150. The Labute approximate surface area is 361 Å². The maximum Gasteiger partial charge on any atom is 0.309 e. The first-order chi connectivity index (χ1) is 27.9. The SMILES string of the molecule is COc1ccc(-n2c(=O)c(Cl)c([C@@]34CC[C@]5(C)[C@H](CC[C@@H]6[C@@]7(C)CC[C@H](OC(=O)CC(C)(C)C(=O)O)C(C)(C)[C@@H]7CC[C@]65C)C3=C(C(C)C)C(=O)C4)n2CCN(C)C)nc1. The number of hydrogen-bond donors (Lipinski definition) is 1. The number of allylic oxidation sites excluding steroid dienone is 2. The number of hydrogen-bond acceptors (Lipinski definition) is 8. The highest BCUT2D eigenvalue weighted by atomic mass is 35.5. The van der Waals surface area contributed by atoms with E-state index in [0.29, 0.717) is 42.9 Å². The number of carbonyl (C=O) groups excluding carboxylic acids is 2. The number of Topliss-reactive ketones (excluding diaryl/α,β-unsaturated/α-hetero) is 1. The van der Waals surface area contributed by atoms with Crippen LogP contribution >= 0.6 is 11.6 Å². The predicted octanol–water partition coefficient (Wildman–Crippen LogP) is 8.90. The molecule has 330 valence electrons. The minimum absolute atomic E-state index is 0.00155. The second kappa shape index (κ2) is 15.1. The van der Waals surface area contributed by atoms with Crippen LogP contribution in [0.3, 0.4) is 0 Å². The Balaban J connectivity index is 1.29. The molecule has 0 amide bonds. The molecular formula is C48H69ClN4O7. The van der Waals surface area contributed by atoms with Gasteiger partial charge < -0.3 is 19.5 Å². The molecule has 0 radical (unpaired) electrons. The molecule has 5 aliphatic rings. The van der Waals surface area contributed by atoms with E-state index in [2.05, 4.69) is 58.4 Å². The number of esters is 1. The van der Waals surface area contributed by atoms with Gasteiger partial charge in [-0.25, -0.2) is 4.98 Å². The predicted molar refractivity (Wildman–Crippen MR) is 233 cm³/mol. The van der Waals surface area contributed by atoms with E-state index in [9.17, 15) is 24.3 Å². The van der Waals surface area contributed by atoms with Gasteiger partial charge >= 0.3 is 11.9 Å². The van der Waals surface area contributed by atoms with Crippen LogP contribution in [0.1, 0.15) is 132 Å². The molecule has 2 aromatic rings. The number of aromatic nitrogens is 3. The fourth-order valence-electron chi connectivity index (χ4n) is 14.1. The van der Waals surface area contributed by atoms with E-state index >= 15 is 0 Å². The number of pyridine rings is 1.